The quantitative estimate of drug-likeness (QED) is 0.671. The zero-order valence-corrected chi connectivity index (χ0v) is 10.6. The molecule has 1 aromatic rings. The lowest BCUT2D eigenvalue weighted by Gasteiger charge is -2.10. The first-order chi connectivity index (χ1) is 7.43. The predicted octanol–water partition coefficient (Wildman–Crippen LogP) is 0.491. The number of hydrogen-bond donors (Lipinski definition) is 3. The molecule has 0 aliphatic carbocycles. The molecule has 6 nitrogen and oxygen atoms in total. The van der Waals surface area contributed by atoms with Crippen LogP contribution in [0.25, 0.3) is 0 Å². The molecular weight excluding hydrogens is 244 g/mol. The van der Waals surface area contributed by atoms with Crippen molar-refractivity contribution in [3.63, 3.8) is 0 Å². The minimum absolute atomic E-state index is 0. The maximum atomic E-state index is 11.6. The molecule has 98 valence electrons. The van der Waals surface area contributed by atoms with Gasteiger partial charge in [-0.15, -0.1) is 0 Å². The van der Waals surface area contributed by atoms with Crippen molar-refractivity contribution in [2.45, 2.75) is 25.6 Å². The molecule has 0 unspecified atom stereocenters. The SMILES string of the molecule is CC(C)NS(=O)(=O)Cc1cccc(NO)c1.O. The average Bonchev–Trinajstić information content (AvgIpc) is 2.15. The normalized spacial score (nSPS) is 11.1. The molecule has 5 N–H and O–H groups in total. The molecule has 1 aromatic carbocycles. The molecule has 17 heavy (non-hydrogen) atoms. The van der Waals surface area contributed by atoms with Gasteiger partial charge in [-0.1, -0.05) is 12.1 Å². The van der Waals surface area contributed by atoms with Crippen LogP contribution in [0.4, 0.5) is 5.69 Å². The van der Waals surface area contributed by atoms with Gasteiger partial charge in [0.05, 0.1) is 11.4 Å². The molecule has 0 fully saturated rings. The molecule has 0 aliphatic heterocycles. The van der Waals surface area contributed by atoms with Gasteiger partial charge in [-0.05, 0) is 31.5 Å². The summed E-state index contributed by atoms with van der Waals surface area (Å²) in [7, 11) is -3.32. The van der Waals surface area contributed by atoms with E-state index < -0.39 is 10.0 Å². The minimum atomic E-state index is -3.32. The summed E-state index contributed by atoms with van der Waals surface area (Å²) in [6.45, 7) is 3.53. The van der Waals surface area contributed by atoms with E-state index in [1.165, 1.54) is 0 Å². The molecule has 0 heterocycles. The van der Waals surface area contributed by atoms with Crippen LogP contribution in [0.2, 0.25) is 0 Å². The lowest BCUT2D eigenvalue weighted by molar-refractivity contribution is 0.389. The third kappa shape index (κ3) is 5.64. The largest absolute Gasteiger partial charge is 0.412 e. The van der Waals surface area contributed by atoms with Gasteiger partial charge in [-0.2, -0.15) is 0 Å². The van der Waals surface area contributed by atoms with Crippen molar-refractivity contribution in [1.82, 2.24) is 4.72 Å². The maximum absolute atomic E-state index is 11.6. The van der Waals surface area contributed by atoms with Crippen molar-refractivity contribution in [1.29, 1.82) is 0 Å². The zero-order chi connectivity index (χ0) is 12.2. The number of hydrogen-bond acceptors (Lipinski definition) is 4. The monoisotopic (exact) mass is 262 g/mol. The molecule has 0 spiro atoms. The van der Waals surface area contributed by atoms with E-state index >= 15 is 0 Å². The molecule has 0 bridgehead atoms. The summed E-state index contributed by atoms with van der Waals surface area (Å²) in [4.78, 5) is 0. The van der Waals surface area contributed by atoms with Crippen LogP contribution in [0.3, 0.4) is 0 Å². The standard InChI is InChI=1S/C10H16N2O3S.H2O/c1-8(2)12-16(14,15)7-9-4-3-5-10(6-9)11-13;/h3-6,8,11-13H,7H2,1-2H3;1H2. The first kappa shape index (κ1) is 15.9. The highest BCUT2D eigenvalue weighted by molar-refractivity contribution is 7.88. The molecular formula is C10H18N2O4S. The summed E-state index contributed by atoms with van der Waals surface area (Å²) in [6, 6.07) is 6.48. The van der Waals surface area contributed by atoms with Gasteiger partial charge in [-0.25, -0.2) is 13.1 Å². The fraction of sp³-hybridized carbons (Fsp3) is 0.400. The van der Waals surface area contributed by atoms with Crippen molar-refractivity contribution in [2.75, 3.05) is 5.48 Å². The van der Waals surface area contributed by atoms with Crippen LogP contribution in [0.5, 0.6) is 0 Å². The third-order valence-corrected chi connectivity index (χ3v) is 3.37. The number of nitrogens with one attached hydrogen (secondary N) is 2. The van der Waals surface area contributed by atoms with E-state index in [9.17, 15) is 8.42 Å². The Morgan fingerprint density at radius 1 is 1.35 bits per heavy atom. The van der Waals surface area contributed by atoms with Gasteiger partial charge in [0.25, 0.3) is 0 Å². The van der Waals surface area contributed by atoms with Crippen molar-refractivity contribution >= 4 is 15.7 Å². The van der Waals surface area contributed by atoms with Crippen molar-refractivity contribution in [3.8, 4) is 0 Å². The predicted molar refractivity (Wildman–Crippen MR) is 66.4 cm³/mol. The summed E-state index contributed by atoms with van der Waals surface area (Å²) in [5.41, 5.74) is 3.07. The van der Waals surface area contributed by atoms with Gasteiger partial charge in [0.2, 0.25) is 10.0 Å². The van der Waals surface area contributed by atoms with Crippen LogP contribution in [0, 0.1) is 0 Å². The van der Waals surface area contributed by atoms with Gasteiger partial charge in [0.1, 0.15) is 0 Å². The van der Waals surface area contributed by atoms with Gasteiger partial charge >= 0.3 is 0 Å². The Morgan fingerprint density at radius 2 is 2.00 bits per heavy atom. The maximum Gasteiger partial charge on any atom is 0.216 e. The first-order valence-electron chi connectivity index (χ1n) is 4.92. The van der Waals surface area contributed by atoms with Crippen molar-refractivity contribution in [3.05, 3.63) is 29.8 Å². The highest BCUT2D eigenvalue weighted by atomic mass is 32.2. The summed E-state index contributed by atoms with van der Waals surface area (Å²) >= 11 is 0. The minimum Gasteiger partial charge on any atom is -0.412 e. The van der Waals surface area contributed by atoms with Crippen LogP contribution in [-0.2, 0) is 15.8 Å². The Balaban J connectivity index is 0.00000256. The zero-order valence-electron chi connectivity index (χ0n) is 9.77. The van der Waals surface area contributed by atoms with E-state index in [4.69, 9.17) is 5.21 Å². The average molecular weight is 262 g/mol. The molecule has 0 saturated heterocycles. The molecule has 0 radical (unpaired) electrons. The Bertz CT molecular complexity index is 445. The number of rotatable bonds is 5. The fourth-order valence-corrected chi connectivity index (χ4v) is 2.77. The summed E-state index contributed by atoms with van der Waals surface area (Å²) in [5.74, 6) is -0.0965. The van der Waals surface area contributed by atoms with Gasteiger partial charge in [-0.3, -0.25) is 10.7 Å². The van der Waals surface area contributed by atoms with E-state index in [0.717, 1.165) is 0 Å². The summed E-state index contributed by atoms with van der Waals surface area (Å²) in [5, 5.41) is 8.69. The van der Waals surface area contributed by atoms with Crippen LogP contribution < -0.4 is 10.2 Å². The van der Waals surface area contributed by atoms with Crippen LogP contribution >= 0.6 is 0 Å². The number of benzene rings is 1. The van der Waals surface area contributed by atoms with E-state index in [0.29, 0.717) is 11.3 Å². The first-order valence-corrected chi connectivity index (χ1v) is 6.57. The molecule has 0 saturated carbocycles. The number of sulfonamides is 1. The fourth-order valence-electron chi connectivity index (χ4n) is 1.35. The molecule has 0 amide bonds. The van der Waals surface area contributed by atoms with Gasteiger partial charge < -0.3 is 5.48 Å². The molecule has 1 rings (SSSR count). The van der Waals surface area contributed by atoms with Crippen LogP contribution in [0.1, 0.15) is 19.4 Å². The van der Waals surface area contributed by atoms with Gasteiger partial charge in [0.15, 0.2) is 0 Å². The molecule has 7 heteroatoms. The van der Waals surface area contributed by atoms with E-state index in [-0.39, 0.29) is 17.3 Å². The lowest BCUT2D eigenvalue weighted by atomic mass is 10.2. The Kier molecular flexibility index (Phi) is 6.11. The Labute approximate surface area is 101 Å². The van der Waals surface area contributed by atoms with Crippen LogP contribution in [-0.4, -0.2) is 25.1 Å². The number of anilines is 1. The summed E-state index contributed by atoms with van der Waals surface area (Å²) in [6.07, 6.45) is 0. The smallest absolute Gasteiger partial charge is 0.216 e. The van der Waals surface area contributed by atoms with Crippen molar-refractivity contribution in [2.24, 2.45) is 0 Å². The van der Waals surface area contributed by atoms with Crippen LogP contribution in [0.15, 0.2) is 24.3 Å². The molecule has 0 aliphatic rings. The second kappa shape index (κ2) is 6.55. The van der Waals surface area contributed by atoms with Crippen molar-refractivity contribution < 1.29 is 19.1 Å². The molecule has 0 atom stereocenters. The Hall–Kier alpha value is -1.15. The third-order valence-electron chi connectivity index (χ3n) is 1.83. The highest BCUT2D eigenvalue weighted by Gasteiger charge is 2.12. The molecule has 0 aromatic heterocycles. The topological polar surface area (TPSA) is 110 Å². The Morgan fingerprint density at radius 3 is 2.53 bits per heavy atom. The summed E-state index contributed by atoms with van der Waals surface area (Å²) < 4.78 is 25.7. The van der Waals surface area contributed by atoms with Gasteiger partial charge in [0, 0.05) is 6.04 Å². The second-order valence-corrected chi connectivity index (χ2v) is 5.60. The second-order valence-electron chi connectivity index (χ2n) is 3.84. The lowest BCUT2D eigenvalue weighted by Crippen LogP contribution is -2.31. The van der Waals surface area contributed by atoms with E-state index in [2.05, 4.69) is 4.72 Å². The highest BCUT2D eigenvalue weighted by Crippen LogP contribution is 2.12. The van der Waals surface area contributed by atoms with E-state index in [1.807, 2.05) is 5.48 Å². The van der Waals surface area contributed by atoms with E-state index in [1.54, 1.807) is 38.1 Å².